The van der Waals surface area contributed by atoms with Gasteiger partial charge in [-0.25, -0.2) is 0 Å². The molecule has 1 aliphatic heterocycles. The van der Waals surface area contributed by atoms with Crippen molar-refractivity contribution in [2.24, 2.45) is 17.8 Å². The van der Waals surface area contributed by atoms with Gasteiger partial charge in [0.25, 0.3) is 0 Å². The van der Waals surface area contributed by atoms with Crippen LogP contribution in [0.4, 0.5) is 0 Å². The SMILES string of the molecule is CC1CCC(C(C)C)C(O)C1.CCCCOc1ccc(C(=O)CCN2CCCCC2)cc1.Cl. The van der Waals surface area contributed by atoms with Crippen LogP contribution in [0.2, 0.25) is 0 Å². The van der Waals surface area contributed by atoms with Gasteiger partial charge in [-0.3, -0.25) is 4.79 Å². The number of rotatable bonds is 9. The molecule has 1 aliphatic carbocycles. The number of benzene rings is 1. The standard InChI is InChI=1S/C18H27NO2.C10H20O.ClH/c1-2-3-15-21-17-9-7-16(8-10-17)18(20)11-14-19-12-5-4-6-13-19;1-7(2)9-5-4-8(3)6-10(9)11;/h7-10H,2-6,11-15H2,1H3;7-11H,4-6H2,1-3H3;1H. The molecule has 0 bridgehead atoms. The van der Waals surface area contributed by atoms with Crippen LogP contribution in [0.3, 0.4) is 0 Å². The molecule has 1 aromatic rings. The molecule has 190 valence electrons. The second-order valence-electron chi connectivity index (χ2n) is 10.2. The summed E-state index contributed by atoms with van der Waals surface area (Å²) in [5.41, 5.74) is 0.801. The van der Waals surface area contributed by atoms with Crippen LogP contribution in [0, 0.1) is 17.8 Å². The molecule has 0 amide bonds. The Morgan fingerprint density at radius 1 is 1.12 bits per heavy atom. The van der Waals surface area contributed by atoms with Crippen LogP contribution in [0.5, 0.6) is 5.75 Å². The topological polar surface area (TPSA) is 49.8 Å². The maximum atomic E-state index is 12.2. The molecule has 4 nitrogen and oxygen atoms in total. The summed E-state index contributed by atoms with van der Waals surface area (Å²) in [4.78, 5) is 14.6. The van der Waals surface area contributed by atoms with Crippen LogP contribution in [0.15, 0.2) is 24.3 Å². The average Bonchev–Trinajstić information content (AvgIpc) is 2.79. The number of unbranched alkanes of at least 4 members (excludes halogenated alkanes) is 1. The van der Waals surface area contributed by atoms with Crippen molar-refractivity contribution in [3.05, 3.63) is 29.8 Å². The summed E-state index contributed by atoms with van der Waals surface area (Å²) < 4.78 is 5.62. The van der Waals surface area contributed by atoms with Crippen molar-refractivity contribution in [1.82, 2.24) is 4.90 Å². The number of carbonyl (C=O) groups excluding carboxylic acids is 1. The van der Waals surface area contributed by atoms with Gasteiger partial charge in [0.05, 0.1) is 12.7 Å². The van der Waals surface area contributed by atoms with Crippen LogP contribution in [-0.4, -0.2) is 48.1 Å². The van der Waals surface area contributed by atoms with Gasteiger partial charge >= 0.3 is 0 Å². The third kappa shape index (κ3) is 11.2. The largest absolute Gasteiger partial charge is 0.494 e. The van der Waals surface area contributed by atoms with Crippen molar-refractivity contribution in [3.8, 4) is 5.75 Å². The number of Topliss-reactive ketones (excluding diaryl/α,β-unsaturated/α-hetero) is 1. The van der Waals surface area contributed by atoms with E-state index >= 15 is 0 Å². The number of ether oxygens (including phenoxy) is 1. The average molecular weight is 482 g/mol. The minimum absolute atomic E-state index is 0. The van der Waals surface area contributed by atoms with Crippen molar-refractivity contribution in [2.45, 2.75) is 91.6 Å². The van der Waals surface area contributed by atoms with Gasteiger partial charge in [-0.2, -0.15) is 0 Å². The predicted molar refractivity (Wildman–Crippen MR) is 141 cm³/mol. The second kappa shape index (κ2) is 16.5. The van der Waals surface area contributed by atoms with Crippen LogP contribution in [0.1, 0.15) is 95.8 Å². The van der Waals surface area contributed by atoms with Crippen molar-refractivity contribution < 1.29 is 14.6 Å². The lowest BCUT2D eigenvalue weighted by atomic mass is 9.75. The van der Waals surface area contributed by atoms with Crippen molar-refractivity contribution in [1.29, 1.82) is 0 Å². The normalized spacial score (nSPS) is 23.3. The zero-order valence-corrected chi connectivity index (χ0v) is 22.2. The van der Waals surface area contributed by atoms with E-state index in [1.165, 1.54) is 32.1 Å². The molecule has 5 heteroatoms. The summed E-state index contributed by atoms with van der Waals surface area (Å²) in [6.45, 7) is 12.8. The Labute approximate surface area is 208 Å². The summed E-state index contributed by atoms with van der Waals surface area (Å²) in [6.07, 6.45) is 10.2. The maximum Gasteiger partial charge on any atom is 0.164 e. The minimum Gasteiger partial charge on any atom is -0.494 e. The molecule has 1 heterocycles. The van der Waals surface area contributed by atoms with Crippen molar-refractivity contribution in [2.75, 3.05) is 26.2 Å². The molecular weight excluding hydrogens is 434 g/mol. The highest BCUT2D eigenvalue weighted by Crippen LogP contribution is 2.33. The number of hydrogen-bond acceptors (Lipinski definition) is 4. The molecule has 0 radical (unpaired) electrons. The maximum absolute atomic E-state index is 12.2. The lowest BCUT2D eigenvalue weighted by Gasteiger charge is -2.33. The fourth-order valence-electron chi connectivity index (χ4n) is 4.81. The lowest BCUT2D eigenvalue weighted by Crippen LogP contribution is -2.31. The molecule has 3 atom stereocenters. The summed E-state index contributed by atoms with van der Waals surface area (Å²) >= 11 is 0. The molecule has 33 heavy (non-hydrogen) atoms. The van der Waals surface area contributed by atoms with Crippen LogP contribution in [-0.2, 0) is 0 Å². The first-order valence-corrected chi connectivity index (χ1v) is 13.1. The van der Waals surface area contributed by atoms with Crippen LogP contribution >= 0.6 is 12.4 Å². The molecule has 0 aromatic heterocycles. The fraction of sp³-hybridized carbons (Fsp3) is 0.750. The third-order valence-corrected chi connectivity index (χ3v) is 7.03. The first-order valence-electron chi connectivity index (χ1n) is 13.1. The molecular formula is C28H48ClNO3. The predicted octanol–water partition coefficient (Wildman–Crippen LogP) is 6.79. The van der Waals surface area contributed by atoms with E-state index in [0.29, 0.717) is 18.3 Å². The fourth-order valence-corrected chi connectivity index (χ4v) is 4.81. The quantitative estimate of drug-likeness (QED) is 0.311. The number of piperidine rings is 1. The molecule has 2 fully saturated rings. The van der Waals surface area contributed by atoms with E-state index in [1.54, 1.807) is 0 Å². The Balaban J connectivity index is 0.000000385. The third-order valence-electron chi connectivity index (χ3n) is 7.03. The number of likely N-dealkylation sites (tertiary alicyclic amines) is 1. The highest BCUT2D eigenvalue weighted by Gasteiger charge is 2.28. The van der Waals surface area contributed by atoms with Crippen LogP contribution < -0.4 is 4.74 Å². The molecule has 3 rings (SSSR count). The van der Waals surface area contributed by atoms with E-state index in [2.05, 4.69) is 32.6 Å². The molecule has 1 saturated carbocycles. The lowest BCUT2D eigenvalue weighted by molar-refractivity contribution is 0.0266. The van der Waals surface area contributed by atoms with Gasteiger partial charge in [-0.05, 0) is 87.2 Å². The number of carbonyl (C=O) groups is 1. The number of hydrogen-bond donors (Lipinski definition) is 1. The van der Waals surface area contributed by atoms with Gasteiger partial charge in [0.1, 0.15) is 5.75 Å². The summed E-state index contributed by atoms with van der Waals surface area (Å²) in [6, 6.07) is 7.59. The van der Waals surface area contributed by atoms with Gasteiger partial charge in [0.2, 0.25) is 0 Å². The number of aliphatic hydroxyl groups is 1. The molecule has 1 aromatic carbocycles. The zero-order valence-electron chi connectivity index (χ0n) is 21.4. The van der Waals surface area contributed by atoms with E-state index in [0.717, 1.165) is 62.7 Å². The monoisotopic (exact) mass is 481 g/mol. The Morgan fingerprint density at radius 3 is 2.36 bits per heavy atom. The summed E-state index contributed by atoms with van der Waals surface area (Å²) in [5.74, 6) is 3.04. The molecule has 0 spiro atoms. The van der Waals surface area contributed by atoms with Crippen molar-refractivity contribution >= 4 is 18.2 Å². The van der Waals surface area contributed by atoms with Gasteiger partial charge in [-0.15, -0.1) is 12.4 Å². The number of halogens is 1. The van der Waals surface area contributed by atoms with Gasteiger partial charge < -0.3 is 14.7 Å². The molecule has 1 saturated heterocycles. The molecule has 3 unspecified atom stereocenters. The van der Waals surface area contributed by atoms with E-state index in [9.17, 15) is 9.90 Å². The van der Waals surface area contributed by atoms with Gasteiger partial charge in [0.15, 0.2) is 5.78 Å². The number of aliphatic hydroxyl groups excluding tert-OH is 1. The van der Waals surface area contributed by atoms with E-state index in [4.69, 9.17) is 4.74 Å². The Hall–Kier alpha value is -1.10. The van der Waals surface area contributed by atoms with E-state index in [-0.39, 0.29) is 24.3 Å². The number of nitrogens with zero attached hydrogens (tertiary/aromatic N) is 1. The zero-order chi connectivity index (χ0) is 23.3. The second-order valence-corrected chi connectivity index (χ2v) is 10.2. The minimum atomic E-state index is -0.0289. The van der Waals surface area contributed by atoms with Crippen LogP contribution in [0.25, 0.3) is 0 Å². The Morgan fingerprint density at radius 2 is 1.79 bits per heavy atom. The van der Waals surface area contributed by atoms with E-state index < -0.39 is 0 Å². The molecule has 1 N–H and O–H groups in total. The number of ketones is 1. The van der Waals surface area contributed by atoms with Gasteiger partial charge in [-0.1, -0.05) is 47.0 Å². The van der Waals surface area contributed by atoms with E-state index in [1.807, 2.05) is 24.3 Å². The first kappa shape index (κ1) is 29.9. The highest BCUT2D eigenvalue weighted by molar-refractivity contribution is 5.96. The Bertz CT molecular complexity index is 643. The Kier molecular flexibility index (Phi) is 15.0. The summed E-state index contributed by atoms with van der Waals surface area (Å²) in [5, 5.41) is 9.71. The smallest absolute Gasteiger partial charge is 0.164 e. The highest BCUT2D eigenvalue weighted by atomic mass is 35.5. The summed E-state index contributed by atoms with van der Waals surface area (Å²) in [7, 11) is 0. The molecule has 2 aliphatic rings. The van der Waals surface area contributed by atoms with Gasteiger partial charge in [0, 0.05) is 18.5 Å². The first-order chi connectivity index (χ1) is 15.4. The van der Waals surface area contributed by atoms with Crippen molar-refractivity contribution in [3.63, 3.8) is 0 Å².